The number of amides is 1. The first-order chi connectivity index (χ1) is 8.16. The second-order valence-electron chi connectivity index (χ2n) is 3.64. The fraction of sp³-hybridized carbons (Fsp3) is 0. The van der Waals surface area contributed by atoms with E-state index in [0.717, 1.165) is 0 Å². The van der Waals surface area contributed by atoms with Gasteiger partial charge in [0.05, 0.1) is 16.8 Å². The van der Waals surface area contributed by atoms with Crippen molar-refractivity contribution >= 4 is 28.5 Å². The Balaban J connectivity index is 0.000000902. The van der Waals surface area contributed by atoms with E-state index >= 15 is 0 Å². The Morgan fingerprint density at radius 1 is 1.33 bits per heavy atom. The van der Waals surface area contributed by atoms with Crippen LogP contribution >= 0.6 is 0 Å². The molecule has 0 radical (unpaired) electrons. The van der Waals surface area contributed by atoms with Gasteiger partial charge in [-0.05, 0) is 18.2 Å². The number of aromatic carboxylic acids is 1. The number of rotatable bonds is 1. The predicted molar refractivity (Wildman–Crippen MR) is 60.9 cm³/mol. The van der Waals surface area contributed by atoms with Gasteiger partial charge < -0.3 is 6.53 Å². The van der Waals surface area contributed by atoms with Gasteiger partial charge in [-0.3, -0.25) is 15.6 Å². The van der Waals surface area contributed by atoms with E-state index in [0.29, 0.717) is 22.2 Å². The molecule has 0 bridgehead atoms. The summed E-state index contributed by atoms with van der Waals surface area (Å²) in [6.07, 6.45) is 0. The fourth-order valence-electron chi connectivity index (χ4n) is 1.88. The fourth-order valence-corrected chi connectivity index (χ4v) is 1.88. The smallest absolute Gasteiger partial charge is 1.00 e. The van der Waals surface area contributed by atoms with Crippen molar-refractivity contribution in [1.82, 2.24) is 10.4 Å². The summed E-state index contributed by atoms with van der Waals surface area (Å²) in [5.41, 5.74) is 6.58. The van der Waals surface area contributed by atoms with Crippen molar-refractivity contribution in [3.63, 3.8) is 0 Å². The van der Waals surface area contributed by atoms with Crippen molar-refractivity contribution in [2.75, 3.05) is 5.43 Å². The van der Waals surface area contributed by atoms with Crippen molar-refractivity contribution in [3.05, 3.63) is 35.5 Å². The van der Waals surface area contributed by atoms with Crippen LogP contribution in [0.5, 0.6) is 0 Å². The van der Waals surface area contributed by atoms with E-state index in [9.17, 15) is 9.59 Å². The number of carbonyl (C=O) groups excluding carboxylic acids is 1. The molecule has 2 aromatic rings. The van der Waals surface area contributed by atoms with Gasteiger partial charge in [-0.2, -0.15) is 0 Å². The maximum atomic E-state index is 11.6. The van der Waals surface area contributed by atoms with Gasteiger partial charge in [0.25, 0.3) is 5.91 Å². The van der Waals surface area contributed by atoms with Gasteiger partial charge in [-0.25, -0.2) is 9.78 Å². The van der Waals surface area contributed by atoms with Gasteiger partial charge in [0, 0.05) is 5.39 Å². The molecule has 0 spiro atoms. The quantitative estimate of drug-likeness (QED) is 0.517. The Hall–Kier alpha value is -1.63. The zero-order valence-electron chi connectivity index (χ0n) is 10.5. The summed E-state index contributed by atoms with van der Waals surface area (Å²) in [6.45, 7) is 0. The molecule has 1 aromatic heterocycles. The van der Waals surface area contributed by atoms with Crippen molar-refractivity contribution in [3.8, 4) is 0 Å². The number of hydrogen-bond acceptors (Lipinski definition) is 4. The van der Waals surface area contributed by atoms with E-state index in [1.54, 1.807) is 18.2 Å². The number of nitrogens with zero attached hydrogens (tertiary/aromatic N) is 1. The van der Waals surface area contributed by atoms with Crippen molar-refractivity contribution in [2.45, 2.75) is 0 Å². The number of carboxylic acid groups (broad SMARTS) is 1. The maximum absolute atomic E-state index is 11.6. The number of carbonyl (C=O) groups is 2. The minimum absolute atomic E-state index is 0. The summed E-state index contributed by atoms with van der Waals surface area (Å²) in [5.74, 6) is -1.36. The van der Waals surface area contributed by atoms with Crippen molar-refractivity contribution in [1.29, 1.82) is 0 Å². The standard InChI is InChI=1S/C11H7N3O3.Na.H/c15-10-5-2-1-3-6-9(5)7(13-14-10)4-8(12-6)11(16)17;;/h1-4,13H,(H,14,15)(H,16,17);;/q;+1;-1. The topological polar surface area (TPSA) is 91.3 Å². The molecule has 1 amide bonds. The van der Waals surface area contributed by atoms with Crippen LogP contribution in [0, 0.1) is 0 Å². The van der Waals surface area contributed by atoms with Crippen LogP contribution in [0.25, 0.3) is 10.9 Å². The van der Waals surface area contributed by atoms with Gasteiger partial charge in [0.1, 0.15) is 0 Å². The van der Waals surface area contributed by atoms with Gasteiger partial charge in [0.15, 0.2) is 5.69 Å². The first-order valence-electron chi connectivity index (χ1n) is 4.90. The monoisotopic (exact) mass is 253 g/mol. The molecular formula is C11H8N3NaO3. The molecule has 1 aliphatic rings. The minimum Gasteiger partial charge on any atom is -1.00 e. The Morgan fingerprint density at radius 2 is 2.11 bits per heavy atom. The summed E-state index contributed by atoms with van der Waals surface area (Å²) in [6, 6.07) is 6.41. The average Bonchev–Trinajstić information content (AvgIpc) is 2.33. The Bertz CT molecular complexity index is 678. The largest absolute Gasteiger partial charge is 1.00 e. The van der Waals surface area contributed by atoms with Crippen LogP contribution in [0.1, 0.15) is 22.3 Å². The van der Waals surface area contributed by atoms with Crippen LogP contribution in [-0.4, -0.2) is 22.0 Å². The minimum atomic E-state index is -1.10. The molecule has 3 N–H and O–H groups in total. The van der Waals surface area contributed by atoms with E-state index < -0.39 is 5.97 Å². The van der Waals surface area contributed by atoms with Crippen LogP contribution in [0.2, 0.25) is 0 Å². The molecule has 18 heavy (non-hydrogen) atoms. The summed E-state index contributed by atoms with van der Waals surface area (Å²) >= 11 is 0. The van der Waals surface area contributed by atoms with Crippen molar-refractivity contribution in [2.24, 2.45) is 0 Å². The summed E-state index contributed by atoms with van der Waals surface area (Å²) in [7, 11) is 0. The van der Waals surface area contributed by atoms with Crippen molar-refractivity contribution < 1.29 is 45.7 Å². The summed E-state index contributed by atoms with van der Waals surface area (Å²) < 4.78 is 0. The molecule has 0 saturated carbocycles. The third-order valence-corrected chi connectivity index (χ3v) is 2.61. The van der Waals surface area contributed by atoms with Crippen LogP contribution in [0.4, 0.5) is 5.69 Å². The van der Waals surface area contributed by atoms with E-state index in [1.165, 1.54) is 6.07 Å². The maximum Gasteiger partial charge on any atom is 1.00 e. The number of nitrogens with one attached hydrogen (secondary N) is 2. The first-order valence-corrected chi connectivity index (χ1v) is 4.90. The number of pyridine rings is 1. The number of hydrogen-bond donors (Lipinski definition) is 3. The molecule has 86 valence electrons. The average molecular weight is 253 g/mol. The number of benzene rings is 1. The van der Waals surface area contributed by atoms with Gasteiger partial charge in [-0.15, -0.1) is 0 Å². The zero-order valence-corrected chi connectivity index (χ0v) is 11.5. The van der Waals surface area contributed by atoms with E-state index in [4.69, 9.17) is 5.11 Å². The zero-order chi connectivity index (χ0) is 12.0. The molecule has 0 unspecified atom stereocenters. The number of anilines is 1. The molecule has 7 heteroatoms. The third kappa shape index (κ3) is 1.84. The third-order valence-electron chi connectivity index (χ3n) is 2.61. The molecule has 6 nitrogen and oxygen atoms in total. The molecule has 3 rings (SSSR count). The van der Waals surface area contributed by atoms with Crippen LogP contribution in [0.3, 0.4) is 0 Å². The van der Waals surface area contributed by atoms with Gasteiger partial charge in [-0.1, -0.05) is 6.07 Å². The molecule has 2 heterocycles. The number of carboxylic acids is 1. The predicted octanol–water partition coefficient (Wildman–Crippen LogP) is -1.88. The Labute approximate surface area is 125 Å². The molecule has 0 saturated heterocycles. The van der Waals surface area contributed by atoms with Crippen LogP contribution in [-0.2, 0) is 0 Å². The van der Waals surface area contributed by atoms with E-state index in [-0.39, 0.29) is 42.6 Å². The molecule has 0 atom stereocenters. The van der Waals surface area contributed by atoms with Gasteiger partial charge in [0.2, 0.25) is 0 Å². The Kier molecular flexibility index (Phi) is 3.25. The molecule has 1 aliphatic heterocycles. The van der Waals surface area contributed by atoms with Crippen LogP contribution < -0.4 is 40.4 Å². The Morgan fingerprint density at radius 3 is 2.83 bits per heavy atom. The SMILES string of the molecule is O=C(O)c1cc2c3c(cccc3n1)C(=O)NN2.[H-].[Na+]. The summed E-state index contributed by atoms with van der Waals surface area (Å²) in [5, 5.41) is 9.57. The first kappa shape index (κ1) is 12.8. The van der Waals surface area contributed by atoms with E-state index in [1.807, 2.05) is 0 Å². The second kappa shape index (κ2) is 4.56. The van der Waals surface area contributed by atoms with E-state index in [2.05, 4.69) is 15.8 Å². The number of hydrazine groups is 1. The molecule has 0 fully saturated rings. The number of aromatic nitrogens is 1. The summed E-state index contributed by atoms with van der Waals surface area (Å²) in [4.78, 5) is 26.5. The molecule has 0 aliphatic carbocycles. The molecular weight excluding hydrogens is 245 g/mol. The van der Waals surface area contributed by atoms with Crippen LogP contribution in [0.15, 0.2) is 24.3 Å². The van der Waals surface area contributed by atoms with Gasteiger partial charge >= 0.3 is 35.5 Å². The second-order valence-corrected chi connectivity index (χ2v) is 3.64. The molecule has 1 aromatic carbocycles. The normalized spacial score (nSPS) is 12.3.